The van der Waals surface area contributed by atoms with Gasteiger partial charge in [-0.05, 0) is 49.8 Å². The summed E-state index contributed by atoms with van der Waals surface area (Å²) < 4.78 is 0. The number of carbonyl (C=O) groups excluding carboxylic acids is 1. The Balaban J connectivity index is 1.12. The number of aliphatic imine (C=N–C) groups is 1. The minimum atomic E-state index is -0.0873. The standard InChI is InChI=1S/C32H35N9O/c1-3-33-16-21(2)15-29(42)41-14-5-4-8-28(41)32-38-19-26(40-32)22-9-11-23(12-10-22)30-35-17-24(18-36-30)27-20-37-31(39-27)25-7-6-13-34-25/h3,9-12,16-20,25,28,34H,1-2,4-8,13-15H2,(H,37,39)(H,38,40)/t25-,28-/m0/s1. The first kappa shape index (κ1) is 27.5. The zero-order chi connectivity index (χ0) is 28.9. The van der Waals surface area contributed by atoms with Gasteiger partial charge in [0.25, 0.3) is 0 Å². The van der Waals surface area contributed by atoms with Crippen molar-refractivity contribution in [3.05, 3.63) is 85.6 Å². The molecule has 2 atom stereocenters. The minimum absolute atomic E-state index is 0.0346. The summed E-state index contributed by atoms with van der Waals surface area (Å²) in [6.07, 6.45) is 15.8. The lowest BCUT2D eigenvalue weighted by Crippen LogP contribution is -2.39. The molecular formula is C32H35N9O. The van der Waals surface area contributed by atoms with Crippen molar-refractivity contribution >= 4 is 12.1 Å². The molecule has 2 aliphatic heterocycles. The van der Waals surface area contributed by atoms with Crippen LogP contribution in [0.25, 0.3) is 33.9 Å². The van der Waals surface area contributed by atoms with E-state index in [0.29, 0.717) is 24.0 Å². The molecule has 2 fully saturated rings. The Hall–Kier alpha value is -4.70. The van der Waals surface area contributed by atoms with Crippen molar-refractivity contribution in [1.29, 1.82) is 0 Å². The Bertz CT molecular complexity index is 1580. The first-order chi connectivity index (χ1) is 20.6. The number of hydrogen-bond acceptors (Lipinski definition) is 7. The maximum absolute atomic E-state index is 13.1. The van der Waals surface area contributed by atoms with E-state index < -0.39 is 0 Å². The third-order valence-corrected chi connectivity index (χ3v) is 7.88. The fourth-order valence-electron chi connectivity index (χ4n) is 5.66. The highest BCUT2D eigenvalue weighted by Gasteiger charge is 2.30. The van der Waals surface area contributed by atoms with Gasteiger partial charge < -0.3 is 20.2 Å². The summed E-state index contributed by atoms with van der Waals surface area (Å²) in [5, 5.41) is 3.46. The van der Waals surface area contributed by atoms with Crippen LogP contribution < -0.4 is 5.32 Å². The fourth-order valence-corrected chi connectivity index (χ4v) is 5.66. The molecule has 2 aliphatic rings. The molecular weight excluding hydrogens is 526 g/mol. The number of carbonyl (C=O) groups is 1. The summed E-state index contributed by atoms with van der Waals surface area (Å²) in [4.78, 5) is 44.3. The lowest BCUT2D eigenvalue weighted by atomic mass is 10.0. The summed E-state index contributed by atoms with van der Waals surface area (Å²) in [5.41, 5.74) is 5.31. The summed E-state index contributed by atoms with van der Waals surface area (Å²) in [6.45, 7) is 9.25. The van der Waals surface area contributed by atoms with Gasteiger partial charge in [-0.3, -0.25) is 9.79 Å². The van der Waals surface area contributed by atoms with Crippen LogP contribution in [-0.2, 0) is 4.79 Å². The van der Waals surface area contributed by atoms with Crippen molar-refractivity contribution < 1.29 is 4.79 Å². The molecule has 1 amide bonds. The fraction of sp³-hybridized carbons (Fsp3) is 0.312. The van der Waals surface area contributed by atoms with E-state index in [4.69, 9.17) is 0 Å². The zero-order valence-electron chi connectivity index (χ0n) is 23.6. The van der Waals surface area contributed by atoms with Gasteiger partial charge >= 0.3 is 0 Å². The van der Waals surface area contributed by atoms with Crippen LogP contribution in [0.1, 0.15) is 62.3 Å². The second-order valence-corrected chi connectivity index (χ2v) is 10.8. The van der Waals surface area contributed by atoms with Crippen LogP contribution in [0.15, 0.2) is 79.0 Å². The largest absolute Gasteiger partial charge is 0.341 e. The van der Waals surface area contributed by atoms with E-state index in [1.807, 2.05) is 54.0 Å². The Kier molecular flexibility index (Phi) is 8.14. The molecule has 0 radical (unpaired) electrons. The minimum Gasteiger partial charge on any atom is -0.341 e. The van der Waals surface area contributed by atoms with Crippen molar-refractivity contribution in [2.45, 2.75) is 50.6 Å². The smallest absolute Gasteiger partial charge is 0.227 e. The van der Waals surface area contributed by atoms with Crippen LogP contribution in [-0.4, -0.2) is 60.0 Å². The normalized spacial score (nSPS) is 18.9. The van der Waals surface area contributed by atoms with E-state index in [1.54, 1.807) is 6.21 Å². The number of benzene rings is 1. The van der Waals surface area contributed by atoms with E-state index in [-0.39, 0.29) is 18.4 Å². The van der Waals surface area contributed by atoms with Gasteiger partial charge in [0.1, 0.15) is 11.6 Å². The number of rotatable bonds is 9. The molecule has 0 aliphatic carbocycles. The van der Waals surface area contributed by atoms with Gasteiger partial charge in [0.2, 0.25) is 5.91 Å². The third-order valence-electron chi connectivity index (χ3n) is 7.88. The highest BCUT2D eigenvalue weighted by Crippen LogP contribution is 2.32. The number of nitrogens with one attached hydrogen (secondary N) is 3. The van der Waals surface area contributed by atoms with Crippen molar-refractivity contribution in [3.63, 3.8) is 0 Å². The first-order valence-corrected chi connectivity index (χ1v) is 14.5. The van der Waals surface area contributed by atoms with Crippen molar-refractivity contribution in [1.82, 2.24) is 40.1 Å². The number of nitrogens with zero attached hydrogens (tertiary/aromatic N) is 6. The number of likely N-dealkylation sites (tertiary alicyclic amines) is 1. The number of imidazole rings is 2. The maximum Gasteiger partial charge on any atom is 0.227 e. The van der Waals surface area contributed by atoms with E-state index in [0.717, 1.165) is 72.0 Å². The SMILES string of the molecule is C=CN=CC(=C)CC(=O)N1CCCC[C@H]1c1ncc(-c2ccc(-c3ncc(-c4cnc([C@@H]5CCCN5)[nH]4)cn3)cc2)[nH]1. The molecule has 3 N–H and O–H groups in total. The molecule has 2 saturated heterocycles. The molecule has 0 bridgehead atoms. The van der Waals surface area contributed by atoms with Crippen LogP contribution in [0.2, 0.25) is 0 Å². The van der Waals surface area contributed by atoms with Crippen molar-refractivity contribution in [3.8, 4) is 33.9 Å². The average molecular weight is 562 g/mol. The summed E-state index contributed by atoms with van der Waals surface area (Å²) in [6, 6.07) is 8.30. The highest BCUT2D eigenvalue weighted by molar-refractivity contribution is 5.89. The van der Waals surface area contributed by atoms with Crippen LogP contribution in [0.3, 0.4) is 0 Å². The van der Waals surface area contributed by atoms with E-state index in [1.165, 1.54) is 12.6 Å². The molecule has 4 aromatic rings. The monoisotopic (exact) mass is 561 g/mol. The molecule has 214 valence electrons. The molecule has 5 heterocycles. The van der Waals surface area contributed by atoms with Crippen LogP contribution >= 0.6 is 0 Å². The molecule has 0 unspecified atom stereocenters. The third kappa shape index (κ3) is 5.99. The van der Waals surface area contributed by atoms with E-state index >= 15 is 0 Å². The number of piperidine rings is 1. The van der Waals surface area contributed by atoms with Gasteiger partial charge in [-0.15, -0.1) is 0 Å². The predicted molar refractivity (Wildman–Crippen MR) is 163 cm³/mol. The summed E-state index contributed by atoms with van der Waals surface area (Å²) >= 11 is 0. The first-order valence-electron chi connectivity index (χ1n) is 14.5. The summed E-state index contributed by atoms with van der Waals surface area (Å²) in [5.74, 6) is 2.46. The van der Waals surface area contributed by atoms with Gasteiger partial charge in [-0.2, -0.15) is 0 Å². The quantitative estimate of drug-likeness (QED) is 0.230. The number of H-pyrrole nitrogens is 2. The Morgan fingerprint density at radius 3 is 2.36 bits per heavy atom. The zero-order valence-corrected chi connectivity index (χ0v) is 23.6. The number of aromatic amines is 2. The van der Waals surface area contributed by atoms with Gasteiger partial charge in [0.15, 0.2) is 5.82 Å². The second kappa shape index (κ2) is 12.4. The molecule has 10 heteroatoms. The number of hydrogen-bond donors (Lipinski definition) is 3. The second-order valence-electron chi connectivity index (χ2n) is 10.8. The highest BCUT2D eigenvalue weighted by atomic mass is 16.2. The molecule has 42 heavy (non-hydrogen) atoms. The van der Waals surface area contributed by atoms with E-state index in [9.17, 15) is 4.79 Å². The molecule has 0 spiro atoms. The van der Waals surface area contributed by atoms with Gasteiger partial charge in [-0.1, -0.05) is 37.4 Å². The van der Waals surface area contributed by atoms with Crippen LogP contribution in [0.4, 0.5) is 0 Å². The maximum atomic E-state index is 13.1. The van der Waals surface area contributed by atoms with Gasteiger partial charge in [0.05, 0.1) is 42.3 Å². The lowest BCUT2D eigenvalue weighted by molar-refractivity contribution is -0.134. The summed E-state index contributed by atoms with van der Waals surface area (Å²) in [7, 11) is 0. The molecule has 0 saturated carbocycles. The topological polar surface area (TPSA) is 128 Å². The van der Waals surface area contributed by atoms with Gasteiger partial charge in [-0.25, -0.2) is 19.9 Å². The van der Waals surface area contributed by atoms with E-state index in [2.05, 4.69) is 53.4 Å². The molecule has 3 aromatic heterocycles. The average Bonchev–Trinajstić information content (AvgIpc) is 3.83. The Morgan fingerprint density at radius 2 is 1.62 bits per heavy atom. The van der Waals surface area contributed by atoms with Gasteiger partial charge in [0, 0.05) is 42.5 Å². The number of amides is 1. The molecule has 10 nitrogen and oxygen atoms in total. The Morgan fingerprint density at radius 1 is 0.905 bits per heavy atom. The predicted octanol–water partition coefficient (Wildman–Crippen LogP) is 5.56. The van der Waals surface area contributed by atoms with Crippen molar-refractivity contribution in [2.24, 2.45) is 4.99 Å². The molecule has 1 aromatic carbocycles. The molecule has 6 rings (SSSR count). The van der Waals surface area contributed by atoms with Crippen molar-refractivity contribution in [2.75, 3.05) is 13.1 Å². The number of aromatic nitrogens is 6. The Labute approximate surface area is 245 Å². The lowest BCUT2D eigenvalue weighted by Gasteiger charge is -2.34. The van der Waals surface area contributed by atoms with Crippen LogP contribution in [0.5, 0.6) is 0 Å². The van der Waals surface area contributed by atoms with Crippen LogP contribution in [0, 0.1) is 0 Å².